The van der Waals surface area contributed by atoms with Crippen molar-refractivity contribution < 1.29 is 5.11 Å². The molecular weight excluding hydrogens is 344 g/mol. The van der Waals surface area contributed by atoms with Crippen molar-refractivity contribution in [1.29, 1.82) is 0 Å². The van der Waals surface area contributed by atoms with Crippen molar-refractivity contribution >= 4 is 38.3 Å². The van der Waals surface area contributed by atoms with Crippen LogP contribution < -0.4 is 11.1 Å². The predicted molar refractivity (Wildman–Crippen MR) is 81.3 cm³/mol. The lowest BCUT2D eigenvalue weighted by molar-refractivity contribution is 0.223. The number of aliphatic hydroxyl groups is 1. The lowest BCUT2D eigenvalue weighted by Crippen LogP contribution is -2.28. The van der Waals surface area contributed by atoms with Crippen LogP contribution in [0.4, 0.5) is 0 Å². The molecule has 0 saturated heterocycles. The number of nitrogens with one attached hydrogen (secondary N) is 2. The molecule has 0 radical (unpaired) electrons. The van der Waals surface area contributed by atoms with Gasteiger partial charge in [-0.1, -0.05) is 6.07 Å². The van der Waals surface area contributed by atoms with Crippen LogP contribution in [0.25, 0.3) is 11.0 Å². The van der Waals surface area contributed by atoms with Crippen molar-refractivity contribution in [2.24, 2.45) is 0 Å². The summed E-state index contributed by atoms with van der Waals surface area (Å²) in [6.07, 6.45) is -0.788. The fourth-order valence-electron chi connectivity index (χ4n) is 1.95. The van der Waals surface area contributed by atoms with E-state index in [2.05, 4.69) is 25.9 Å². The Morgan fingerprint density at radius 2 is 1.80 bits per heavy atom. The van der Waals surface area contributed by atoms with Crippen LogP contribution in [-0.2, 0) is 0 Å². The molecular formula is C13H9BrN2O3S. The molecule has 2 heterocycles. The number of thiophene rings is 1. The highest BCUT2D eigenvalue weighted by molar-refractivity contribution is 9.10. The molecule has 1 atom stereocenters. The van der Waals surface area contributed by atoms with Gasteiger partial charge in [0, 0.05) is 4.47 Å². The van der Waals surface area contributed by atoms with Crippen LogP contribution in [-0.4, -0.2) is 15.1 Å². The van der Waals surface area contributed by atoms with E-state index in [1.807, 2.05) is 11.4 Å². The molecule has 0 aliphatic carbocycles. The molecule has 0 amide bonds. The summed E-state index contributed by atoms with van der Waals surface area (Å²) in [5, 5.41) is 12.2. The van der Waals surface area contributed by atoms with E-state index < -0.39 is 17.2 Å². The Morgan fingerprint density at radius 1 is 1.10 bits per heavy atom. The van der Waals surface area contributed by atoms with E-state index in [4.69, 9.17) is 0 Å². The maximum Gasteiger partial charge on any atom is 0.314 e. The van der Waals surface area contributed by atoms with Crippen LogP contribution in [0.15, 0.2) is 43.7 Å². The number of halogens is 1. The first kappa shape index (κ1) is 13.3. The van der Waals surface area contributed by atoms with Gasteiger partial charge in [-0.25, -0.2) is 0 Å². The van der Waals surface area contributed by atoms with Crippen LogP contribution in [0.1, 0.15) is 16.5 Å². The highest BCUT2D eigenvalue weighted by atomic mass is 79.9. The number of aliphatic hydroxyl groups excluding tert-OH is 1. The highest BCUT2D eigenvalue weighted by Crippen LogP contribution is 2.33. The molecule has 0 spiro atoms. The predicted octanol–water partition coefficient (Wildman–Crippen LogP) is 2.12. The van der Waals surface area contributed by atoms with Crippen molar-refractivity contribution in [2.75, 3.05) is 0 Å². The maximum atomic E-state index is 11.3. The van der Waals surface area contributed by atoms with Gasteiger partial charge in [-0.05, 0) is 45.1 Å². The van der Waals surface area contributed by atoms with E-state index in [-0.39, 0.29) is 0 Å². The summed E-state index contributed by atoms with van der Waals surface area (Å²) >= 11 is 4.82. The third kappa shape index (κ3) is 2.24. The summed E-state index contributed by atoms with van der Waals surface area (Å²) in [5.74, 6) is 0. The van der Waals surface area contributed by atoms with Gasteiger partial charge in [0.2, 0.25) is 0 Å². The summed E-state index contributed by atoms with van der Waals surface area (Å²) in [5.41, 5.74) is 0.256. The van der Waals surface area contributed by atoms with Crippen molar-refractivity contribution in [3.05, 3.63) is 65.3 Å². The van der Waals surface area contributed by atoms with Gasteiger partial charge in [0.15, 0.2) is 0 Å². The van der Waals surface area contributed by atoms with Gasteiger partial charge in [-0.2, -0.15) is 0 Å². The molecule has 3 N–H and O–H groups in total. The lowest BCUT2D eigenvalue weighted by Gasteiger charge is -2.10. The second kappa shape index (κ2) is 5.01. The first-order valence-corrected chi connectivity index (χ1v) is 7.41. The van der Waals surface area contributed by atoms with Gasteiger partial charge in [-0.3, -0.25) is 9.59 Å². The number of aromatic amines is 2. The van der Waals surface area contributed by atoms with Gasteiger partial charge in [0.05, 0.1) is 15.9 Å². The van der Waals surface area contributed by atoms with Crippen molar-refractivity contribution in [2.45, 2.75) is 6.10 Å². The average molecular weight is 353 g/mol. The zero-order chi connectivity index (χ0) is 14.3. The molecule has 0 saturated carbocycles. The van der Waals surface area contributed by atoms with Gasteiger partial charge in [0.25, 0.3) is 0 Å². The van der Waals surface area contributed by atoms with E-state index >= 15 is 0 Å². The maximum absolute atomic E-state index is 11.3. The first-order valence-electron chi connectivity index (χ1n) is 5.73. The van der Waals surface area contributed by atoms with Gasteiger partial charge in [-0.15, -0.1) is 11.3 Å². The number of aromatic nitrogens is 2. The normalized spacial score (nSPS) is 12.7. The summed E-state index contributed by atoms with van der Waals surface area (Å²) in [6.45, 7) is 0. The Balaban J connectivity index is 2.14. The van der Waals surface area contributed by atoms with E-state index in [9.17, 15) is 14.7 Å². The van der Waals surface area contributed by atoms with Crippen LogP contribution >= 0.6 is 27.3 Å². The van der Waals surface area contributed by atoms with Gasteiger partial charge < -0.3 is 15.1 Å². The monoisotopic (exact) mass is 352 g/mol. The van der Waals surface area contributed by atoms with Gasteiger partial charge in [0.1, 0.15) is 6.10 Å². The molecule has 0 fully saturated rings. The van der Waals surface area contributed by atoms with Crippen molar-refractivity contribution in [1.82, 2.24) is 9.97 Å². The Bertz CT molecular complexity index is 896. The number of fused-ring (bicyclic) bond motifs is 1. The summed E-state index contributed by atoms with van der Waals surface area (Å²) in [7, 11) is 0. The summed E-state index contributed by atoms with van der Waals surface area (Å²) < 4.78 is 0.838. The van der Waals surface area contributed by atoms with Crippen LogP contribution in [0, 0.1) is 0 Å². The van der Waals surface area contributed by atoms with Crippen LogP contribution in [0.3, 0.4) is 0 Å². The fraction of sp³-hybridized carbons (Fsp3) is 0.0769. The number of H-pyrrole nitrogens is 2. The molecule has 0 aliphatic heterocycles. The van der Waals surface area contributed by atoms with E-state index in [1.165, 1.54) is 11.3 Å². The van der Waals surface area contributed by atoms with Gasteiger partial charge >= 0.3 is 11.1 Å². The van der Waals surface area contributed by atoms with Crippen molar-refractivity contribution in [3.8, 4) is 0 Å². The standard InChI is InChI=1S/C13H9BrN2O3S/c14-7-3-4-20-11(7)10(17)6-1-2-8-9(5-6)16-13(19)12(18)15-8/h1-5,10,17H,(H,15,18)(H,16,19). The fourth-order valence-corrected chi connectivity index (χ4v) is 3.56. The number of hydrogen-bond acceptors (Lipinski definition) is 4. The highest BCUT2D eigenvalue weighted by Gasteiger charge is 2.15. The van der Waals surface area contributed by atoms with E-state index in [1.54, 1.807) is 18.2 Å². The Hall–Kier alpha value is -1.70. The quantitative estimate of drug-likeness (QED) is 0.617. The lowest BCUT2D eigenvalue weighted by atomic mass is 10.1. The molecule has 5 nitrogen and oxygen atoms in total. The molecule has 7 heteroatoms. The Morgan fingerprint density at radius 3 is 2.45 bits per heavy atom. The Labute approximate surface area is 125 Å². The number of hydrogen-bond donors (Lipinski definition) is 3. The average Bonchev–Trinajstić information content (AvgIpc) is 2.85. The topological polar surface area (TPSA) is 85.9 Å². The number of rotatable bonds is 2. The molecule has 2 aromatic heterocycles. The molecule has 0 bridgehead atoms. The number of benzene rings is 1. The molecule has 1 aromatic carbocycles. The van der Waals surface area contributed by atoms with Crippen molar-refractivity contribution in [3.63, 3.8) is 0 Å². The minimum Gasteiger partial charge on any atom is -0.383 e. The minimum atomic E-state index is -0.788. The minimum absolute atomic E-state index is 0.485. The van der Waals surface area contributed by atoms with E-state index in [0.717, 1.165) is 9.35 Å². The molecule has 3 rings (SSSR count). The molecule has 0 aliphatic rings. The smallest absolute Gasteiger partial charge is 0.314 e. The second-order valence-corrected chi connectivity index (χ2v) is 6.05. The third-order valence-electron chi connectivity index (χ3n) is 2.96. The van der Waals surface area contributed by atoms with Crippen LogP contribution in [0.5, 0.6) is 0 Å². The third-order valence-corrected chi connectivity index (χ3v) is 4.88. The first-order chi connectivity index (χ1) is 9.56. The Kier molecular flexibility index (Phi) is 3.33. The summed E-state index contributed by atoms with van der Waals surface area (Å²) in [6, 6.07) is 6.90. The molecule has 102 valence electrons. The zero-order valence-corrected chi connectivity index (χ0v) is 12.4. The largest absolute Gasteiger partial charge is 0.383 e. The van der Waals surface area contributed by atoms with E-state index in [0.29, 0.717) is 16.6 Å². The molecule has 3 aromatic rings. The summed E-state index contributed by atoms with van der Waals surface area (Å²) in [4.78, 5) is 28.3. The molecule has 1 unspecified atom stereocenters. The SMILES string of the molecule is O=c1[nH]c2ccc(C(O)c3sccc3Br)cc2[nH]c1=O. The molecule has 20 heavy (non-hydrogen) atoms. The second-order valence-electron chi connectivity index (χ2n) is 4.25. The van der Waals surface area contributed by atoms with Crippen LogP contribution in [0.2, 0.25) is 0 Å². The zero-order valence-electron chi connectivity index (χ0n) is 10.0.